The molecular formula is C17H18F2N2O2. The highest BCUT2D eigenvalue weighted by molar-refractivity contribution is 6.04. The molecule has 1 saturated carbocycles. The van der Waals surface area contributed by atoms with Crippen LogP contribution in [0.3, 0.4) is 0 Å². The third kappa shape index (κ3) is 2.98. The Hall–Kier alpha value is -2.24. The zero-order valence-corrected chi connectivity index (χ0v) is 12.9. The van der Waals surface area contributed by atoms with Crippen LogP contribution in [-0.2, 0) is 9.59 Å². The largest absolute Gasteiger partial charge is 0.335 e. The molecule has 1 aromatic carbocycles. The molecule has 122 valence electrons. The van der Waals surface area contributed by atoms with Crippen molar-refractivity contribution in [3.05, 3.63) is 41.0 Å². The standard InChI is InChI=1S/C17H18F2N2O2/c1-21-15-5-3-2-4-11(15)12(17(21)23)9-16(22)20-14-7-6-10(18)8-13(14)19/h6-8,15H,2-5,9H2,1H3,(H,20,22). The maximum absolute atomic E-state index is 13.6. The quantitative estimate of drug-likeness (QED) is 0.931. The first-order valence-corrected chi connectivity index (χ1v) is 7.71. The molecule has 0 aromatic heterocycles. The Labute approximate surface area is 133 Å². The topological polar surface area (TPSA) is 49.4 Å². The zero-order chi connectivity index (χ0) is 16.6. The van der Waals surface area contributed by atoms with E-state index >= 15 is 0 Å². The first-order valence-electron chi connectivity index (χ1n) is 7.71. The van der Waals surface area contributed by atoms with Gasteiger partial charge < -0.3 is 10.2 Å². The Kier molecular flexibility index (Phi) is 4.15. The molecule has 2 amide bonds. The van der Waals surface area contributed by atoms with Gasteiger partial charge in [0.15, 0.2) is 0 Å². The number of carbonyl (C=O) groups excluding carboxylic acids is 2. The van der Waals surface area contributed by atoms with Gasteiger partial charge in [0.2, 0.25) is 5.91 Å². The van der Waals surface area contributed by atoms with Crippen molar-refractivity contribution in [2.75, 3.05) is 12.4 Å². The lowest BCUT2D eigenvalue weighted by atomic mass is 9.88. The van der Waals surface area contributed by atoms with E-state index in [1.165, 1.54) is 6.07 Å². The maximum atomic E-state index is 13.6. The van der Waals surface area contributed by atoms with E-state index in [2.05, 4.69) is 5.32 Å². The van der Waals surface area contributed by atoms with E-state index < -0.39 is 17.5 Å². The van der Waals surface area contributed by atoms with Crippen molar-refractivity contribution in [2.24, 2.45) is 0 Å². The minimum Gasteiger partial charge on any atom is -0.335 e. The van der Waals surface area contributed by atoms with E-state index in [0.717, 1.165) is 37.3 Å². The highest BCUT2D eigenvalue weighted by atomic mass is 19.1. The lowest BCUT2D eigenvalue weighted by Crippen LogP contribution is -2.33. The fourth-order valence-corrected chi connectivity index (χ4v) is 3.40. The number of amides is 2. The van der Waals surface area contributed by atoms with Crippen LogP contribution < -0.4 is 5.32 Å². The molecule has 1 aliphatic carbocycles. The molecule has 1 atom stereocenters. The fourth-order valence-electron chi connectivity index (χ4n) is 3.40. The molecule has 1 fully saturated rings. The van der Waals surface area contributed by atoms with Gasteiger partial charge in [0.05, 0.1) is 18.2 Å². The van der Waals surface area contributed by atoms with Gasteiger partial charge in [-0.15, -0.1) is 0 Å². The van der Waals surface area contributed by atoms with Crippen molar-refractivity contribution in [3.8, 4) is 0 Å². The second kappa shape index (κ2) is 6.10. The maximum Gasteiger partial charge on any atom is 0.250 e. The number of nitrogens with one attached hydrogen (secondary N) is 1. The van der Waals surface area contributed by atoms with Crippen molar-refractivity contribution in [3.63, 3.8) is 0 Å². The molecular weight excluding hydrogens is 302 g/mol. The van der Waals surface area contributed by atoms with Crippen LogP contribution in [0.4, 0.5) is 14.5 Å². The fraction of sp³-hybridized carbons (Fsp3) is 0.412. The summed E-state index contributed by atoms with van der Waals surface area (Å²) in [6, 6.07) is 3.06. The number of nitrogens with zero attached hydrogens (tertiary/aromatic N) is 1. The first-order chi connectivity index (χ1) is 11.0. The summed E-state index contributed by atoms with van der Waals surface area (Å²) >= 11 is 0. The Bertz CT molecular complexity index is 700. The second-order valence-corrected chi connectivity index (χ2v) is 6.03. The molecule has 0 spiro atoms. The zero-order valence-electron chi connectivity index (χ0n) is 12.9. The van der Waals surface area contributed by atoms with E-state index in [9.17, 15) is 18.4 Å². The van der Waals surface area contributed by atoms with Gasteiger partial charge in [0.1, 0.15) is 11.6 Å². The minimum absolute atomic E-state index is 0.0776. The summed E-state index contributed by atoms with van der Waals surface area (Å²) < 4.78 is 26.5. The van der Waals surface area contributed by atoms with Crippen LogP contribution in [0.25, 0.3) is 0 Å². The predicted octanol–water partition coefficient (Wildman–Crippen LogP) is 3.00. The average Bonchev–Trinajstić information content (AvgIpc) is 2.76. The van der Waals surface area contributed by atoms with Crippen LogP contribution in [0.2, 0.25) is 0 Å². The van der Waals surface area contributed by atoms with E-state index in [-0.39, 0.29) is 24.1 Å². The van der Waals surface area contributed by atoms with E-state index in [0.29, 0.717) is 11.6 Å². The molecule has 2 aliphatic rings. The number of anilines is 1. The molecule has 6 heteroatoms. The van der Waals surface area contributed by atoms with E-state index in [4.69, 9.17) is 0 Å². The van der Waals surface area contributed by atoms with E-state index in [1.54, 1.807) is 11.9 Å². The van der Waals surface area contributed by atoms with Gasteiger partial charge in [-0.05, 0) is 37.0 Å². The van der Waals surface area contributed by atoms with Crippen LogP contribution >= 0.6 is 0 Å². The number of carbonyl (C=O) groups is 2. The molecule has 4 nitrogen and oxygen atoms in total. The molecule has 23 heavy (non-hydrogen) atoms. The molecule has 3 rings (SSSR count). The molecule has 0 saturated heterocycles. The summed E-state index contributed by atoms with van der Waals surface area (Å²) in [4.78, 5) is 26.2. The number of rotatable bonds is 3. The van der Waals surface area contributed by atoms with Gasteiger partial charge >= 0.3 is 0 Å². The summed E-state index contributed by atoms with van der Waals surface area (Å²) in [7, 11) is 1.75. The number of hydrogen-bond donors (Lipinski definition) is 1. The predicted molar refractivity (Wildman–Crippen MR) is 81.7 cm³/mol. The summed E-state index contributed by atoms with van der Waals surface area (Å²) in [5, 5.41) is 2.41. The van der Waals surface area contributed by atoms with Crippen LogP contribution in [0, 0.1) is 11.6 Å². The number of halogens is 2. The molecule has 1 aromatic rings. The summed E-state index contributed by atoms with van der Waals surface area (Å²) in [6.45, 7) is 0. The normalized spacial score (nSPS) is 20.7. The van der Waals surface area contributed by atoms with Crippen LogP contribution in [0.1, 0.15) is 32.1 Å². The Morgan fingerprint density at radius 2 is 2.13 bits per heavy atom. The summed E-state index contributed by atoms with van der Waals surface area (Å²) in [5.74, 6) is -2.13. The lowest BCUT2D eigenvalue weighted by Gasteiger charge is -2.26. The highest BCUT2D eigenvalue weighted by Gasteiger charge is 2.38. The third-order valence-corrected chi connectivity index (χ3v) is 4.55. The molecule has 0 radical (unpaired) electrons. The second-order valence-electron chi connectivity index (χ2n) is 6.03. The SMILES string of the molecule is CN1C(=O)C(CC(=O)Nc2ccc(F)cc2F)=C2CCCCC21. The Morgan fingerprint density at radius 1 is 1.35 bits per heavy atom. The van der Waals surface area contributed by atoms with Gasteiger partial charge in [-0.25, -0.2) is 8.78 Å². The molecule has 1 heterocycles. The number of benzene rings is 1. The van der Waals surface area contributed by atoms with Crippen molar-refractivity contribution in [1.82, 2.24) is 4.90 Å². The van der Waals surface area contributed by atoms with Gasteiger partial charge in [-0.2, -0.15) is 0 Å². The number of hydrogen-bond acceptors (Lipinski definition) is 2. The first kappa shape index (κ1) is 15.6. The molecule has 0 bridgehead atoms. The Morgan fingerprint density at radius 3 is 2.87 bits per heavy atom. The highest BCUT2D eigenvalue weighted by Crippen LogP contribution is 2.37. The van der Waals surface area contributed by atoms with Gasteiger partial charge in [-0.3, -0.25) is 9.59 Å². The van der Waals surface area contributed by atoms with Crippen molar-refractivity contribution in [2.45, 2.75) is 38.1 Å². The van der Waals surface area contributed by atoms with Crippen molar-refractivity contribution < 1.29 is 18.4 Å². The Balaban J connectivity index is 1.75. The van der Waals surface area contributed by atoms with Crippen LogP contribution in [0.15, 0.2) is 29.3 Å². The monoisotopic (exact) mass is 320 g/mol. The van der Waals surface area contributed by atoms with Crippen molar-refractivity contribution in [1.29, 1.82) is 0 Å². The van der Waals surface area contributed by atoms with Gasteiger partial charge in [0.25, 0.3) is 5.91 Å². The third-order valence-electron chi connectivity index (χ3n) is 4.55. The smallest absolute Gasteiger partial charge is 0.250 e. The number of likely N-dealkylation sites (N-methyl/N-ethyl adjacent to an activating group) is 1. The lowest BCUT2D eigenvalue weighted by molar-refractivity contribution is -0.127. The van der Waals surface area contributed by atoms with Crippen LogP contribution in [0.5, 0.6) is 0 Å². The summed E-state index contributed by atoms with van der Waals surface area (Å²) in [6.07, 6.45) is 3.77. The average molecular weight is 320 g/mol. The molecule has 1 unspecified atom stereocenters. The van der Waals surface area contributed by atoms with Crippen LogP contribution in [-0.4, -0.2) is 29.8 Å². The minimum atomic E-state index is -0.832. The van der Waals surface area contributed by atoms with Crippen molar-refractivity contribution >= 4 is 17.5 Å². The van der Waals surface area contributed by atoms with Gasteiger partial charge in [-0.1, -0.05) is 6.42 Å². The summed E-state index contributed by atoms with van der Waals surface area (Å²) in [5.41, 5.74) is 1.48. The van der Waals surface area contributed by atoms with E-state index in [1.807, 2.05) is 0 Å². The molecule has 1 N–H and O–H groups in total. The van der Waals surface area contributed by atoms with Gasteiger partial charge in [0, 0.05) is 18.7 Å². The number of fused-ring (bicyclic) bond motifs is 1. The molecule has 1 aliphatic heterocycles.